The molecule has 0 fully saturated rings. The highest BCUT2D eigenvalue weighted by Crippen LogP contribution is 2.39. The van der Waals surface area contributed by atoms with Crippen LogP contribution in [-0.4, -0.2) is 45.2 Å². The van der Waals surface area contributed by atoms with Gasteiger partial charge in [0.25, 0.3) is 23.6 Å². The summed E-state index contributed by atoms with van der Waals surface area (Å²) in [7, 11) is 0. The van der Waals surface area contributed by atoms with Crippen LogP contribution in [-0.2, 0) is 19.2 Å². The Morgan fingerprint density at radius 2 is 1.15 bits per heavy atom. The summed E-state index contributed by atoms with van der Waals surface area (Å²) in [6, 6.07) is 0. The lowest BCUT2D eigenvalue weighted by atomic mass is 9.85. The smallest absolute Gasteiger partial charge is 0.258 e. The van der Waals surface area contributed by atoms with E-state index in [9.17, 15) is 19.2 Å². The summed E-state index contributed by atoms with van der Waals surface area (Å²) in [5.41, 5.74) is 2.68. The van der Waals surface area contributed by atoms with E-state index in [0.29, 0.717) is 35.1 Å². The average Bonchev–Trinajstić information content (AvgIpc) is 3.03. The van der Waals surface area contributed by atoms with Crippen molar-refractivity contribution in [2.75, 3.05) is 11.8 Å². The van der Waals surface area contributed by atoms with Crippen molar-refractivity contribution < 1.29 is 19.2 Å². The maximum absolute atomic E-state index is 12.6. The lowest BCUT2D eigenvalue weighted by molar-refractivity contribution is -0.137. The molecule has 0 bridgehead atoms. The van der Waals surface area contributed by atoms with Gasteiger partial charge in [-0.3, -0.25) is 29.0 Å². The molecule has 4 amide bonds. The van der Waals surface area contributed by atoms with Crippen LogP contribution in [0.4, 0.5) is 0 Å². The van der Waals surface area contributed by atoms with E-state index in [1.807, 2.05) is 13.8 Å². The highest BCUT2D eigenvalue weighted by molar-refractivity contribution is 7.99. The van der Waals surface area contributed by atoms with Crippen LogP contribution in [0.2, 0.25) is 0 Å². The highest BCUT2D eigenvalue weighted by atomic mass is 32.2. The SMILES string of the molecule is C[C@@H]1CCCC2=C1C(=O)N(CSCN1C(=O)C3=C(C1=O)[C@H](C)CCC3)C2=O. The van der Waals surface area contributed by atoms with Crippen molar-refractivity contribution in [3.63, 3.8) is 0 Å². The number of hydrogen-bond acceptors (Lipinski definition) is 5. The number of carbonyl (C=O) groups excluding carboxylic acids is 4. The fourth-order valence-corrected chi connectivity index (χ4v) is 5.62. The minimum atomic E-state index is -0.195. The van der Waals surface area contributed by atoms with Crippen molar-refractivity contribution in [2.24, 2.45) is 11.8 Å². The second kappa shape index (κ2) is 6.93. The zero-order chi connectivity index (χ0) is 19.3. The Labute approximate surface area is 163 Å². The molecule has 0 aromatic rings. The standard InChI is InChI=1S/C20H24N2O4S/c1-11-5-3-7-13-15(11)19(25)21(17(13)23)9-27-10-22-18(24)14-8-4-6-12(2)16(14)20(22)26/h11-12H,3-10H2,1-2H3/t11-,12-/m1/s1. The molecule has 27 heavy (non-hydrogen) atoms. The first-order valence-corrected chi connectivity index (χ1v) is 10.8. The van der Waals surface area contributed by atoms with E-state index in [1.165, 1.54) is 21.6 Å². The van der Waals surface area contributed by atoms with Gasteiger partial charge in [0, 0.05) is 22.3 Å². The van der Waals surface area contributed by atoms with E-state index >= 15 is 0 Å². The van der Waals surface area contributed by atoms with E-state index in [-0.39, 0.29) is 47.2 Å². The summed E-state index contributed by atoms with van der Waals surface area (Å²) < 4.78 is 0. The van der Waals surface area contributed by atoms with Gasteiger partial charge in [-0.15, -0.1) is 11.8 Å². The molecule has 2 heterocycles. The Morgan fingerprint density at radius 1 is 0.741 bits per heavy atom. The summed E-state index contributed by atoms with van der Waals surface area (Å²) in [6.07, 6.45) is 5.08. The molecule has 0 radical (unpaired) electrons. The summed E-state index contributed by atoms with van der Waals surface area (Å²) in [5.74, 6) is -0.180. The summed E-state index contributed by atoms with van der Waals surface area (Å²) in [4.78, 5) is 53.0. The Morgan fingerprint density at radius 3 is 1.52 bits per heavy atom. The number of amides is 4. The first-order valence-electron chi connectivity index (χ1n) is 9.68. The zero-order valence-corrected chi connectivity index (χ0v) is 16.6. The van der Waals surface area contributed by atoms with Gasteiger partial charge >= 0.3 is 0 Å². The fourth-order valence-electron chi connectivity index (χ4n) is 4.71. The van der Waals surface area contributed by atoms with Crippen LogP contribution in [0, 0.1) is 11.8 Å². The van der Waals surface area contributed by atoms with Gasteiger partial charge < -0.3 is 0 Å². The number of rotatable bonds is 4. The number of imide groups is 2. The molecule has 2 aliphatic heterocycles. The van der Waals surface area contributed by atoms with Crippen LogP contribution in [0.1, 0.15) is 52.4 Å². The molecule has 7 heteroatoms. The normalized spacial score (nSPS) is 28.5. The second-order valence-electron chi connectivity index (χ2n) is 7.91. The molecular formula is C20H24N2O4S. The molecule has 0 saturated carbocycles. The molecule has 2 atom stereocenters. The van der Waals surface area contributed by atoms with Crippen LogP contribution < -0.4 is 0 Å². The van der Waals surface area contributed by atoms with E-state index < -0.39 is 0 Å². The summed E-state index contributed by atoms with van der Waals surface area (Å²) in [5, 5.41) is 0. The first kappa shape index (κ1) is 18.5. The molecule has 2 aliphatic carbocycles. The van der Waals surface area contributed by atoms with Crippen LogP contribution in [0.15, 0.2) is 22.3 Å². The molecule has 0 spiro atoms. The molecule has 4 aliphatic rings. The van der Waals surface area contributed by atoms with Gasteiger partial charge in [0.15, 0.2) is 0 Å². The fraction of sp³-hybridized carbons (Fsp3) is 0.600. The van der Waals surface area contributed by atoms with Gasteiger partial charge in [0.2, 0.25) is 0 Å². The third kappa shape index (κ3) is 2.87. The Balaban J connectivity index is 1.39. The highest BCUT2D eigenvalue weighted by Gasteiger charge is 2.43. The van der Waals surface area contributed by atoms with Crippen LogP contribution >= 0.6 is 11.8 Å². The quantitative estimate of drug-likeness (QED) is 0.692. The lowest BCUT2D eigenvalue weighted by Gasteiger charge is -2.19. The number of carbonyl (C=O) groups is 4. The van der Waals surface area contributed by atoms with Gasteiger partial charge in [-0.1, -0.05) is 13.8 Å². The van der Waals surface area contributed by atoms with Crippen molar-refractivity contribution in [1.82, 2.24) is 9.80 Å². The van der Waals surface area contributed by atoms with Crippen molar-refractivity contribution in [3.05, 3.63) is 22.3 Å². The van der Waals surface area contributed by atoms with Crippen molar-refractivity contribution in [1.29, 1.82) is 0 Å². The molecule has 0 N–H and O–H groups in total. The van der Waals surface area contributed by atoms with Gasteiger partial charge in [-0.2, -0.15) is 0 Å². The Bertz CT molecular complexity index is 747. The first-order chi connectivity index (χ1) is 12.9. The topological polar surface area (TPSA) is 74.8 Å². The predicted octanol–water partition coefficient (Wildman–Crippen LogP) is 2.61. The molecule has 144 valence electrons. The van der Waals surface area contributed by atoms with Gasteiger partial charge in [-0.25, -0.2) is 0 Å². The molecular weight excluding hydrogens is 364 g/mol. The zero-order valence-electron chi connectivity index (χ0n) is 15.7. The van der Waals surface area contributed by atoms with E-state index in [4.69, 9.17) is 0 Å². The predicted molar refractivity (Wildman–Crippen MR) is 101 cm³/mol. The summed E-state index contributed by atoms with van der Waals surface area (Å²) >= 11 is 1.27. The molecule has 0 aromatic heterocycles. The van der Waals surface area contributed by atoms with Gasteiger partial charge in [-0.05, 0) is 50.4 Å². The largest absolute Gasteiger partial charge is 0.269 e. The third-order valence-electron chi connectivity index (χ3n) is 6.16. The van der Waals surface area contributed by atoms with Crippen LogP contribution in [0.25, 0.3) is 0 Å². The molecule has 6 nitrogen and oxygen atoms in total. The maximum atomic E-state index is 12.6. The van der Waals surface area contributed by atoms with Gasteiger partial charge in [0.1, 0.15) is 0 Å². The van der Waals surface area contributed by atoms with E-state index in [2.05, 4.69) is 0 Å². The number of thioether (sulfide) groups is 1. The van der Waals surface area contributed by atoms with Crippen molar-refractivity contribution in [2.45, 2.75) is 52.4 Å². The van der Waals surface area contributed by atoms with Crippen molar-refractivity contribution in [3.8, 4) is 0 Å². The maximum Gasteiger partial charge on any atom is 0.258 e. The lowest BCUT2D eigenvalue weighted by Crippen LogP contribution is -2.35. The van der Waals surface area contributed by atoms with Gasteiger partial charge in [0.05, 0.1) is 11.8 Å². The summed E-state index contributed by atoms with van der Waals surface area (Å²) in [6.45, 7) is 3.99. The monoisotopic (exact) mass is 388 g/mol. The average molecular weight is 388 g/mol. The van der Waals surface area contributed by atoms with Crippen LogP contribution in [0.5, 0.6) is 0 Å². The minimum Gasteiger partial charge on any atom is -0.269 e. The van der Waals surface area contributed by atoms with E-state index in [0.717, 1.165) is 25.7 Å². The van der Waals surface area contributed by atoms with Crippen molar-refractivity contribution >= 4 is 35.4 Å². The minimum absolute atomic E-state index is 0.124. The molecule has 0 saturated heterocycles. The third-order valence-corrected chi connectivity index (χ3v) is 7.04. The Kier molecular flexibility index (Phi) is 4.74. The number of hydrogen-bond donors (Lipinski definition) is 0. The molecule has 0 unspecified atom stereocenters. The molecule has 0 aromatic carbocycles. The molecule has 4 rings (SSSR count). The Hall–Kier alpha value is -1.89. The van der Waals surface area contributed by atoms with E-state index in [1.54, 1.807) is 0 Å². The number of nitrogens with zero attached hydrogens (tertiary/aromatic N) is 2. The second-order valence-corrected chi connectivity index (χ2v) is 8.83. The van der Waals surface area contributed by atoms with Crippen LogP contribution in [0.3, 0.4) is 0 Å².